The van der Waals surface area contributed by atoms with Crippen molar-refractivity contribution in [1.29, 1.82) is 0 Å². The lowest BCUT2D eigenvalue weighted by Crippen LogP contribution is -2.23. The van der Waals surface area contributed by atoms with Crippen molar-refractivity contribution in [2.75, 3.05) is 9.80 Å². The summed E-state index contributed by atoms with van der Waals surface area (Å²) in [5, 5.41) is 3.33. The van der Waals surface area contributed by atoms with Crippen molar-refractivity contribution < 1.29 is 0 Å². The van der Waals surface area contributed by atoms with Crippen LogP contribution in [0.25, 0.3) is 11.1 Å². The Kier molecular flexibility index (Phi) is 6.89. The topological polar surface area (TPSA) is 6.48 Å². The average Bonchev–Trinajstić information content (AvgIpc) is 3.68. The van der Waals surface area contributed by atoms with Crippen LogP contribution in [0.1, 0.15) is 37.8 Å². The fourth-order valence-corrected chi connectivity index (χ4v) is 7.52. The zero-order valence-electron chi connectivity index (χ0n) is 24.1. The molecule has 1 heterocycles. The highest BCUT2D eigenvalue weighted by Crippen LogP contribution is 2.54. The lowest BCUT2D eigenvalue weighted by molar-refractivity contribution is 0.490. The van der Waals surface area contributed by atoms with Crippen molar-refractivity contribution in [3.63, 3.8) is 0 Å². The summed E-state index contributed by atoms with van der Waals surface area (Å²) in [6, 6.07) is 50.7. The van der Waals surface area contributed by atoms with Gasteiger partial charge in [0.05, 0.1) is 5.00 Å². The van der Waals surface area contributed by atoms with Crippen LogP contribution in [0.5, 0.6) is 0 Å². The highest BCUT2D eigenvalue weighted by molar-refractivity contribution is 7.14. The molecule has 42 heavy (non-hydrogen) atoms. The van der Waals surface area contributed by atoms with Crippen molar-refractivity contribution in [3.05, 3.63) is 156 Å². The number of anilines is 6. The van der Waals surface area contributed by atoms with Crippen LogP contribution in [0, 0.1) is 0 Å². The number of rotatable bonds is 8. The van der Waals surface area contributed by atoms with E-state index >= 15 is 0 Å². The fourth-order valence-electron chi connectivity index (χ4n) is 6.75. The Morgan fingerprint density at radius 3 is 1.62 bits per heavy atom. The van der Waals surface area contributed by atoms with Gasteiger partial charge < -0.3 is 9.80 Å². The summed E-state index contributed by atoms with van der Waals surface area (Å²) in [5.74, 6) is 0. The molecular weight excluding hydrogens is 529 g/mol. The Hall–Kier alpha value is -4.60. The normalized spacial score (nSPS) is 12.9. The third-order valence-corrected chi connectivity index (χ3v) is 9.69. The zero-order chi connectivity index (χ0) is 28.5. The van der Waals surface area contributed by atoms with Gasteiger partial charge in [0.2, 0.25) is 0 Å². The second-order valence-corrected chi connectivity index (χ2v) is 11.8. The Labute approximate surface area is 253 Å². The van der Waals surface area contributed by atoms with Gasteiger partial charge in [-0.3, -0.25) is 0 Å². The van der Waals surface area contributed by atoms with Crippen LogP contribution in [-0.4, -0.2) is 0 Å². The highest BCUT2D eigenvalue weighted by Gasteiger charge is 2.40. The number of para-hydroxylation sites is 2. The first-order chi connectivity index (χ1) is 20.7. The average molecular weight is 563 g/mol. The molecule has 0 atom stereocenters. The van der Waals surface area contributed by atoms with Crippen LogP contribution in [-0.2, 0) is 5.41 Å². The SMILES string of the molecule is CCC1(CC)c2ccccc2-c2ccc(N(c3ccccc3)c3ccc(N(c4ccccc4)c4cccs4)cc3)cc21. The molecule has 0 saturated heterocycles. The molecule has 7 rings (SSSR count). The maximum Gasteiger partial charge on any atom is 0.0999 e. The van der Waals surface area contributed by atoms with Gasteiger partial charge in [0.15, 0.2) is 0 Å². The molecule has 0 amide bonds. The van der Waals surface area contributed by atoms with Crippen LogP contribution in [0.15, 0.2) is 145 Å². The molecule has 2 nitrogen and oxygen atoms in total. The smallest absolute Gasteiger partial charge is 0.0999 e. The van der Waals surface area contributed by atoms with Gasteiger partial charge in [0, 0.05) is 33.9 Å². The van der Waals surface area contributed by atoms with Gasteiger partial charge in [-0.25, -0.2) is 0 Å². The first-order valence-corrected chi connectivity index (χ1v) is 15.7. The van der Waals surface area contributed by atoms with E-state index in [2.05, 4.69) is 169 Å². The number of hydrogen-bond acceptors (Lipinski definition) is 3. The second-order valence-electron chi connectivity index (χ2n) is 10.9. The third kappa shape index (κ3) is 4.33. The van der Waals surface area contributed by atoms with Crippen LogP contribution < -0.4 is 9.80 Å². The van der Waals surface area contributed by atoms with Crippen LogP contribution >= 0.6 is 11.3 Å². The van der Waals surface area contributed by atoms with E-state index in [9.17, 15) is 0 Å². The molecule has 0 saturated carbocycles. The van der Waals surface area contributed by atoms with E-state index in [0.29, 0.717) is 0 Å². The number of fused-ring (bicyclic) bond motifs is 3. The molecule has 1 aliphatic rings. The van der Waals surface area contributed by atoms with E-state index in [0.717, 1.165) is 35.6 Å². The summed E-state index contributed by atoms with van der Waals surface area (Å²) < 4.78 is 0. The quantitative estimate of drug-likeness (QED) is 0.182. The molecule has 0 aliphatic heterocycles. The van der Waals surface area contributed by atoms with Crippen molar-refractivity contribution in [1.82, 2.24) is 0 Å². The molecule has 1 aromatic heterocycles. The summed E-state index contributed by atoms with van der Waals surface area (Å²) in [6.45, 7) is 4.67. The third-order valence-electron chi connectivity index (χ3n) is 8.84. The minimum Gasteiger partial charge on any atom is -0.310 e. The minimum absolute atomic E-state index is 0.0328. The lowest BCUT2D eigenvalue weighted by atomic mass is 9.74. The molecule has 0 radical (unpaired) electrons. The number of nitrogens with zero attached hydrogens (tertiary/aromatic N) is 2. The van der Waals surface area contributed by atoms with Gasteiger partial charge in [0.1, 0.15) is 0 Å². The molecule has 0 fully saturated rings. The van der Waals surface area contributed by atoms with E-state index < -0.39 is 0 Å². The monoisotopic (exact) mass is 562 g/mol. The fraction of sp³-hybridized carbons (Fsp3) is 0.128. The van der Waals surface area contributed by atoms with Gasteiger partial charge in [0.25, 0.3) is 0 Å². The first kappa shape index (κ1) is 26.3. The molecule has 1 aliphatic carbocycles. The summed E-state index contributed by atoms with van der Waals surface area (Å²) in [5.41, 5.74) is 11.5. The predicted molar refractivity (Wildman–Crippen MR) is 180 cm³/mol. The second kappa shape index (κ2) is 11.0. The van der Waals surface area contributed by atoms with Crippen molar-refractivity contribution in [2.24, 2.45) is 0 Å². The van der Waals surface area contributed by atoms with Crippen molar-refractivity contribution in [3.8, 4) is 11.1 Å². The summed E-state index contributed by atoms with van der Waals surface area (Å²) in [7, 11) is 0. The Morgan fingerprint density at radius 1 is 0.476 bits per heavy atom. The first-order valence-electron chi connectivity index (χ1n) is 14.8. The highest BCUT2D eigenvalue weighted by atomic mass is 32.1. The molecular formula is C39H34N2S. The van der Waals surface area contributed by atoms with Crippen LogP contribution in [0.4, 0.5) is 33.4 Å². The zero-order valence-corrected chi connectivity index (χ0v) is 24.9. The summed E-state index contributed by atoms with van der Waals surface area (Å²) >= 11 is 1.75. The van der Waals surface area contributed by atoms with Gasteiger partial charge in [-0.15, -0.1) is 11.3 Å². The number of benzene rings is 5. The van der Waals surface area contributed by atoms with Gasteiger partial charge >= 0.3 is 0 Å². The number of hydrogen-bond donors (Lipinski definition) is 0. The Bertz CT molecular complexity index is 1790. The van der Waals surface area contributed by atoms with E-state index in [1.165, 1.54) is 32.9 Å². The molecule has 0 spiro atoms. The summed E-state index contributed by atoms with van der Waals surface area (Å²) in [4.78, 5) is 4.71. The summed E-state index contributed by atoms with van der Waals surface area (Å²) in [6.07, 6.45) is 2.16. The van der Waals surface area contributed by atoms with Crippen molar-refractivity contribution >= 4 is 44.8 Å². The molecule has 0 unspecified atom stereocenters. The molecule has 0 N–H and O–H groups in total. The van der Waals surface area contributed by atoms with Gasteiger partial charge in [-0.05, 0) is 113 Å². The molecule has 3 heteroatoms. The lowest BCUT2D eigenvalue weighted by Gasteiger charge is -2.32. The minimum atomic E-state index is 0.0328. The van der Waals surface area contributed by atoms with E-state index in [1.54, 1.807) is 11.3 Å². The molecule has 6 aromatic rings. The van der Waals surface area contributed by atoms with Gasteiger partial charge in [-0.2, -0.15) is 0 Å². The maximum absolute atomic E-state index is 2.45. The molecule has 5 aromatic carbocycles. The molecule has 206 valence electrons. The van der Waals surface area contributed by atoms with Crippen LogP contribution in [0.2, 0.25) is 0 Å². The van der Waals surface area contributed by atoms with E-state index in [-0.39, 0.29) is 5.41 Å². The van der Waals surface area contributed by atoms with Crippen molar-refractivity contribution in [2.45, 2.75) is 32.1 Å². The predicted octanol–water partition coefficient (Wildman–Crippen LogP) is 11.8. The van der Waals surface area contributed by atoms with E-state index in [4.69, 9.17) is 0 Å². The Balaban J connectivity index is 1.34. The largest absolute Gasteiger partial charge is 0.310 e. The Morgan fingerprint density at radius 2 is 1.00 bits per heavy atom. The standard InChI is InChI=1S/C39H34N2S/c1-3-39(4-2)36-19-12-11-18-34(36)35-26-25-33(28-37(35)39)40(29-14-7-5-8-15-29)31-21-23-32(24-22-31)41(38-20-13-27-42-38)30-16-9-6-10-17-30/h5-28H,3-4H2,1-2H3. The van der Waals surface area contributed by atoms with E-state index in [1.807, 2.05) is 0 Å². The van der Waals surface area contributed by atoms with Gasteiger partial charge in [-0.1, -0.05) is 80.6 Å². The molecule has 0 bridgehead atoms. The number of thiophene rings is 1. The van der Waals surface area contributed by atoms with Crippen LogP contribution in [0.3, 0.4) is 0 Å². The maximum atomic E-state index is 2.45.